The van der Waals surface area contributed by atoms with Crippen LogP contribution in [0.25, 0.3) is 11.0 Å². The van der Waals surface area contributed by atoms with Crippen LogP contribution in [0.1, 0.15) is 12.6 Å². The number of pyridine rings is 1. The molecule has 132 valence electrons. The number of hydrogen-bond acceptors (Lipinski definition) is 6. The third-order valence-corrected chi connectivity index (χ3v) is 7.23. The zero-order valence-corrected chi connectivity index (χ0v) is 18.3. The number of halogens is 3. The molecule has 4 heterocycles. The molecule has 1 saturated heterocycles. The lowest BCUT2D eigenvalue weighted by Gasteiger charge is -2.41. The van der Waals surface area contributed by atoms with Crippen LogP contribution < -0.4 is 15.9 Å². The van der Waals surface area contributed by atoms with Crippen LogP contribution in [-0.2, 0) is 4.79 Å². The van der Waals surface area contributed by atoms with Gasteiger partial charge in [0.15, 0.2) is 5.65 Å². The second-order valence-electron chi connectivity index (χ2n) is 6.17. The Morgan fingerprint density at radius 3 is 2.68 bits per heavy atom. The smallest absolute Gasteiger partial charge is 0.341 e. The number of rotatable bonds is 0. The quantitative estimate of drug-likeness (QED) is 0.377. The van der Waals surface area contributed by atoms with Gasteiger partial charge in [-0.15, -0.1) is 0 Å². The fraction of sp³-hybridized carbons (Fsp3) is 0.429. The summed E-state index contributed by atoms with van der Waals surface area (Å²) in [6, 6.07) is -0.240. The number of carbonyl (C=O) groups is 1. The molecule has 4 rings (SSSR count). The molecule has 1 fully saturated rings. The molecule has 2 aliphatic heterocycles. The minimum Gasteiger partial charge on any atom is -0.341 e. The number of anilines is 2. The molecule has 2 unspecified atom stereocenters. The molecule has 0 saturated carbocycles. The minimum absolute atomic E-state index is 0.159. The van der Waals surface area contributed by atoms with E-state index in [0.717, 1.165) is 0 Å². The molecular formula is C14H13ClI2N6O2. The van der Waals surface area contributed by atoms with Gasteiger partial charge in [0.2, 0.25) is 5.91 Å². The lowest BCUT2D eigenvalue weighted by atomic mass is 10.1. The van der Waals surface area contributed by atoms with Crippen molar-refractivity contribution < 1.29 is 4.79 Å². The maximum Gasteiger partial charge on any atom is 0.360 e. The number of aryl methyl sites for hydroxylation is 1. The van der Waals surface area contributed by atoms with Crippen molar-refractivity contribution in [1.82, 2.24) is 15.9 Å². The topological polar surface area (TPSA) is 83.4 Å². The third kappa shape index (κ3) is 2.63. The number of nitrogens with zero attached hydrogens (tertiary/aromatic N) is 5. The van der Waals surface area contributed by atoms with Gasteiger partial charge in [0.05, 0.1) is 44.7 Å². The van der Waals surface area contributed by atoms with E-state index in [1.807, 2.05) is 27.8 Å². The summed E-state index contributed by atoms with van der Waals surface area (Å²) in [4.78, 5) is 35.9. The lowest BCUT2D eigenvalue weighted by Crippen LogP contribution is -2.58. The van der Waals surface area contributed by atoms with E-state index in [1.165, 1.54) is 2.78 Å². The number of hydrogen-bond donors (Lipinski definition) is 1. The van der Waals surface area contributed by atoms with Crippen molar-refractivity contribution in [3.05, 3.63) is 21.2 Å². The average Bonchev–Trinajstić information content (AvgIpc) is 2.67. The summed E-state index contributed by atoms with van der Waals surface area (Å²) in [5.41, 5.74) is 1.07. The van der Waals surface area contributed by atoms with Gasteiger partial charge in [-0.25, -0.2) is 15.7 Å². The van der Waals surface area contributed by atoms with Crippen LogP contribution in [0.5, 0.6) is 0 Å². The van der Waals surface area contributed by atoms with Crippen molar-refractivity contribution in [2.75, 3.05) is 23.3 Å². The minimum atomic E-state index is -0.447. The summed E-state index contributed by atoms with van der Waals surface area (Å²) in [5, 5.41) is 3.92. The highest BCUT2D eigenvalue weighted by Gasteiger charge is 2.40. The summed E-state index contributed by atoms with van der Waals surface area (Å²) < 4.78 is 3.45. The number of amides is 1. The monoisotopic (exact) mass is 586 g/mol. The molecule has 0 radical (unpaired) electrons. The van der Waals surface area contributed by atoms with Crippen LogP contribution in [0.15, 0.2) is 4.79 Å². The van der Waals surface area contributed by atoms with Gasteiger partial charge in [-0.3, -0.25) is 4.79 Å². The number of nitrogens with one attached hydrogen (secondary N) is 1. The van der Waals surface area contributed by atoms with Gasteiger partial charge in [-0.05, 0) is 13.8 Å². The highest BCUT2D eigenvalue weighted by molar-refractivity contribution is 14.1. The Morgan fingerprint density at radius 1 is 1.24 bits per heavy atom. The Hall–Kier alpha value is -0.730. The standard InChI is InChI=1S/C14H13ClI2N6O2/c1-5-3-21-7(4-22(5)16)13(24)19-10-8-11(21)20-14(25)23(17)12(8)18-6(2)9(10)15/h5,7H,3-4H2,1-2H3,(H,19,24). The van der Waals surface area contributed by atoms with Crippen molar-refractivity contribution in [2.24, 2.45) is 0 Å². The van der Waals surface area contributed by atoms with E-state index < -0.39 is 11.7 Å². The zero-order valence-electron chi connectivity index (χ0n) is 13.3. The number of aromatic nitrogens is 3. The van der Waals surface area contributed by atoms with Crippen LogP contribution in [0.2, 0.25) is 5.02 Å². The van der Waals surface area contributed by atoms with Crippen LogP contribution >= 0.6 is 57.3 Å². The van der Waals surface area contributed by atoms with Gasteiger partial charge in [-0.2, -0.15) is 4.98 Å². The number of piperazine rings is 1. The molecule has 2 aromatic rings. The second-order valence-corrected chi connectivity index (χ2v) is 8.75. The van der Waals surface area contributed by atoms with E-state index in [1.54, 1.807) is 6.92 Å². The molecule has 0 aliphatic carbocycles. The zero-order chi connectivity index (χ0) is 18.0. The van der Waals surface area contributed by atoms with E-state index >= 15 is 0 Å². The van der Waals surface area contributed by atoms with Crippen LogP contribution in [0.4, 0.5) is 11.5 Å². The van der Waals surface area contributed by atoms with E-state index in [2.05, 4.69) is 48.2 Å². The molecule has 1 N–H and O–H groups in total. The lowest BCUT2D eigenvalue weighted by molar-refractivity contribution is -0.118. The van der Waals surface area contributed by atoms with Gasteiger partial charge in [0, 0.05) is 42.0 Å². The Bertz CT molecular complexity index is 980. The van der Waals surface area contributed by atoms with Crippen molar-refractivity contribution in [1.29, 1.82) is 0 Å². The van der Waals surface area contributed by atoms with Gasteiger partial charge in [0.25, 0.3) is 0 Å². The molecular weight excluding hydrogens is 573 g/mol. The highest BCUT2D eigenvalue weighted by atomic mass is 127. The summed E-state index contributed by atoms with van der Waals surface area (Å²) in [6.07, 6.45) is 0. The third-order valence-electron chi connectivity index (χ3n) is 4.55. The maximum absolute atomic E-state index is 12.9. The predicted octanol–water partition coefficient (Wildman–Crippen LogP) is 2.13. The van der Waals surface area contributed by atoms with Gasteiger partial charge in [0.1, 0.15) is 11.9 Å². The second kappa shape index (κ2) is 6.16. The van der Waals surface area contributed by atoms with Crippen molar-refractivity contribution in [3.63, 3.8) is 0 Å². The number of fused-ring (bicyclic) bond motifs is 2. The molecule has 2 aliphatic rings. The molecule has 0 bridgehead atoms. The molecule has 1 amide bonds. The van der Waals surface area contributed by atoms with Gasteiger partial charge >= 0.3 is 5.69 Å². The van der Waals surface area contributed by atoms with E-state index in [4.69, 9.17) is 11.6 Å². The van der Waals surface area contributed by atoms with Crippen molar-refractivity contribution in [2.45, 2.75) is 25.9 Å². The van der Waals surface area contributed by atoms with Crippen LogP contribution in [0, 0.1) is 6.92 Å². The van der Waals surface area contributed by atoms with Gasteiger partial charge < -0.3 is 10.2 Å². The molecule has 11 heteroatoms. The van der Waals surface area contributed by atoms with Crippen LogP contribution in [0.3, 0.4) is 0 Å². The molecule has 0 aromatic carbocycles. The van der Waals surface area contributed by atoms with Crippen LogP contribution in [-0.4, -0.2) is 46.9 Å². The Balaban J connectivity index is 2.09. The maximum atomic E-state index is 12.9. The van der Waals surface area contributed by atoms with Crippen molar-refractivity contribution in [3.8, 4) is 0 Å². The fourth-order valence-electron chi connectivity index (χ4n) is 3.24. The Morgan fingerprint density at radius 2 is 1.96 bits per heavy atom. The largest absolute Gasteiger partial charge is 0.360 e. The first-order valence-electron chi connectivity index (χ1n) is 7.58. The summed E-state index contributed by atoms with van der Waals surface area (Å²) >= 11 is 10.5. The highest BCUT2D eigenvalue weighted by Crippen LogP contribution is 2.40. The average molecular weight is 587 g/mol. The summed E-state index contributed by atoms with van der Waals surface area (Å²) in [7, 11) is 0. The number of carbonyl (C=O) groups excluding carboxylic acids is 1. The first-order valence-corrected chi connectivity index (χ1v) is 9.89. The van der Waals surface area contributed by atoms with Gasteiger partial charge in [-0.1, -0.05) is 11.6 Å². The Kier molecular flexibility index (Phi) is 4.36. The fourth-order valence-corrected chi connectivity index (χ4v) is 4.43. The predicted molar refractivity (Wildman–Crippen MR) is 113 cm³/mol. The molecule has 2 aromatic heterocycles. The summed E-state index contributed by atoms with van der Waals surface area (Å²) in [6.45, 7) is 4.93. The normalized spacial score (nSPS) is 23.4. The molecule has 2 atom stereocenters. The SMILES string of the molecule is Cc1nc2c3c(nc(=O)n2I)N2CC(C)N(I)CC2C(=O)Nc3c1Cl. The summed E-state index contributed by atoms with van der Waals surface area (Å²) in [5.74, 6) is 0.310. The first-order chi connectivity index (χ1) is 11.8. The van der Waals surface area contributed by atoms with E-state index in [9.17, 15) is 9.59 Å². The molecule has 8 nitrogen and oxygen atoms in total. The van der Waals surface area contributed by atoms with E-state index in [-0.39, 0.29) is 11.9 Å². The Labute approximate surface area is 175 Å². The van der Waals surface area contributed by atoms with Crippen molar-refractivity contribution >= 4 is 85.8 Å². The van der Waals surface area contributed by atoms with E-state index in [0.29, 0.717) is 46.3 Å². The first kappa shape index (κ1) is 17.7. The molecule has 0 spiro atoms. The molecule has 25 heavy (non-hydrogen) atoms.